The van der Waals surface area contributed by atoms with E-state index in [2.05, 4.69) is 40.7 Å². The highest BCUT2D eigenvalue weighted by Gasteiger charge is 2.59. The predicted octanol–water partition coefficient (Wildman–Crippen LogP) is 8.65. The van der Waals surface area contributed by atoms with Crippen molar-refractivity contribution in [2.45, 2.75) is 144 Å². The summed E-state index contributed by atoms with van der Waals surface area (Å²) < 4.78 is 17.9. The van der Waals surface area contributed by atoms with Crippen LogP contribution in [0.5, 0.6) is 0 Å². The summed E-state index contributed by atoms with van der Waals surface area (Å²) in [7, 11) is 0. The van der Waals surface area contributed by atoms with Crippen LogP contribution < -0.4 is 0 Å². The van der Waals surface area contributed by atoms with Crippen molar-refractivity contribution in [3.05, 3.63) is 23.8 Å². The maximum absolute atomic E-state index is 11.4. The van der Waals surface area contributed by atoms with E-state index >= 15 is 0 Å². The second kappa shape index (κ2) is 11.6. The lowest BCUT2D eigenvalue weighted by molar-refractivity contribution is -0.200. The molecule has 0 spiro atoms. The molecule has 0 bridgehead atoms. The largest absolute Gasteiger partial charge is 0.456 e. The average Bonchev–Trinajstić information content (AvgIpc) is 3.23. The van der Waals surface area contributed by atoms with Crippen molar-refractivity contribution in [2.75, 3.05) is 0 Å². The van der Waals surface area contributed by atoms with Crippen molar-refractivity contribution in [1.82, 2.24) is 0 Å². The number of rotatable bonds is 8. The first-order valence-electron chi connectivity index (χ1n) is 16.4. The monoisotopic (exact) mass is 540 g/mol. The second-order valence-corrected chi connectivity index (χ2v) is 15.0. The minimum atomic E-state index is -0.355. The zero-order chi connectivity index (χ0) is 27.9. The standard InChI is InChI=1S/C35H56O4/c1-22(2)9-8-10-23(3)29-13-14-30-28-12-11-26-21-27(17-19-34(26,6)31(28)18-20-35(29,30)7)39-33-16-15-32(24(4)37-33)38-25(5)36/h11,15-16,22-24,27-33H,8-10,12-14,17-21H2,1-7H3/t23-,24+,27+,28+,29-,30+,31+,32-,33+,34+,35-/m1/s1. The van der Waals surface area contributed by atoms with Gasteiger partial charge in [0, 0.05) is 6.92 Å². The van der Waals surface area contributed by atoms with E-state index in [1.807, 2.05) is 19.1 Å². The molecule has 0 saturated heterocycles. The normalized spacial score (nSPS) is 44.3. The van der Waals surface area contributed by atoms with Gasteiger partial charge in [0.25, 0.3) is 0 Å². The Morgan fingerprint density at radius 1 is 1.05 bits per heavy atom. The highest BCUT2D eigenvalue weighted by molar-refractivity contribution is 5.66. The van der Waals surface area contributed by atoms with Crippen LogP contribution in [0.1, 0.15) is 119 Å². The number of allylic oxidation sites excluding steroid dienone is 1. The number of esters is 1. The van der Waals surface area contributed by atoms with Crippen LogP contribution in [0, 0.1) is 46.3 Å². The van der Waals surface area contributed by atoms with Gasteiger partial charge < -0.3 is 14.2 Å². The van der Waals surface area contributed by atoms with Crippen LogP contribution >= 0.6 is 0 Å². The average molecular weight is 541 g/mol. The lowest BCUT2D eigenvalue weighted by atomic mass is 9.47. The van der Waals surface area contributed by atoms with Crippen LogP contribution in [0.15, 0.2) is 23.8 Å². The van der Waals surface area contributed by atoms with Gasteiger partial charge in [0.2, 0.25) is 0 Å². The van der Waals surface area contributed by atoms with Crippen molar-refractivity contribution < 1.29 is 19.0 Å². The summed E-state index contributed by atoms with van der Waals surface area (Å²) in [5.41, 5.74) is 2.54. The Kier molecular flexibility index (Phi) is 8.76. The fourth-order valence-electron chi connectivity index (χ4n) is 10.1. The SMILES string of the molecule is CC(=O)O[C@@H]1C=C[C@H](O[C@H]2CC[C@@]3(C)C(=CC[C@H]4[C@@H]5CC[C@H]([C@H](C)CCCC(C)C)[C@@]5(C)CC[C@@H]43)C2)O[C@H]1C. The van der Waals surface area contributed by atoms with E-state index in [0.717, 1.165) is 48.3 Å². The molecular weight excluding hydrogens is 484 g/mol. The van der Waals surface area contributed by atoms with Crippen LogP contribution in [-0.2, 0) is 19.0 Å². The summed E-state index contributed by atoms with van der Waals surface area (Å²) in [6.07, 6.45) is 20.4. The summed E-state index contributed by atoms with van der Waals surface area (Å²) in [4.78, 5) is 11.4. The van der Waals surface area contributed by atoms with Gasteiger partial charge in [-0.05, 0) is 117 Å². The fourth-order valence-corrected chi connectivity index (χ4v) is 10.1. The zero-order valence-electron chi connectivity index (χ0n) is 25.9. The van der Waals surface area contributed by atoms with Gasteiger partial charge in [-0.2, -0.15) is 0 Å². The predicted molar refractivity (Wildman–Crippen MR) is 157 cm³/mol. The molecule has 11 atom stereocenters. The molecule has 1 aliphatic heterocycles. The van der Waals surface area contributed by atoms with Crippen molar-refractivity contribution in [1.29, 1.82) is 0 Å². The number of hydrogen-bond donors (Lipinski definition) is 0. The van der Waals surface area contributed by atoms with E-state index in [4.69, 9.17) is 14.2 Å². The molecule has 0 radical (unpaired) electrons. The zero-order valence-corrected chi connectivity index (χ0v) is 25.9. The van der Waals surface area contributed by atoms with E-state index in [0.29, 0.717) is 10.8 Å². The lowest BCUT2D eigenvalue weighted by Gasteiger charge is -2.58. The molecule has 5 aliphatic rings. The van der Waals surface area contributed by atoms with Gasteiger partial charge in [0.1, 0.15) is 6.10 Å². The third-order valence-corrected chi connectivity index (χ3v) is 12.2. The Balaban J connectivity index is 1.21. The molecule has 39 heavy (non-hydrogen) atoms. The topological polar surface area (TPSA) is 44.8 Å². The summed E-state index contributed by atoms with van der Waals surface area (Å²) in [6.45, 7) is 16.0. The molecule has 0 aromatic rings. The molecule has 1 heterocycles. The van der Waals surface area contributed by atoms with Gasteiger partial charge in [-0.15, -0.1) is 0 Å². The van der Waals surface area contributed by atoms with Crippen molar-refractivity contribution in [2.24, 2.45) is 46.3 Å². The minimum Gasteiger partial charge on any atom is -0.456 e. The molecule has 4 nitrogen and oxygen atoms in total. The van der Waals surface area contributed by atoms with Crippen molar-refractivity contribution in [3.63, 3.8) is 0 Å². The fraction of sp³-hybridized carbons (Fsp3) is 0.857. The van der Waals surface area contributed by atoms with Crippen molar-refractivity contribution in [3.8, 4) is 0 Å². The summed E-state index contributed by atoms with van der Waals surface area (Å²) in [5.74, 6) is 4.96. The molecule has 0 amide bonds. The van der Waals surface area contributed by atoms with Gasteiger partial charge in [-0.3, -0.25) is 4.79 Å². The van der Waals surface area contributed by atoms with Crippen LogP contribution in [0.4, 0.5) is 0 Å². The Hall–Kier alpha value is -1.13. The third kappa shape index (κ3) is 5.81. The van der Waals surface area contributed by atoms with E-state index in [-0.39, 0.29) is 30.6 Å². The highest BCUT2D eigenvalue weighted by Crippen LogP contribution is 2.67. The number of fused-ring (bicyclic) bond motifs is 5. The third-order valence-electron chi connectivity index (χ3n) is 12.2. The molecule has 4 heteroatoms. The highest BCUT2D eigenvalue weighted by atomic mass is 16.7. The first-order valence-corrected chi connectivity index (χ1v) is 16.4. The number of carbonyl (C=O) groups is 1. The summed E-state index contributed by atoms with van der Waals surface area (Å²) in [5, 5.41) is 0. The lowest BCUT2D eigenvalue weighted by Crippen LogP contribution is -2.51. The quantitative estimate of drug-likeness (QED) is 0.228. The Bertz CT molecular complexity index is 937. The van der Waals surface area contributed by atoms with Crippen LogP contribution in [-0.4, -0.2) is 30.6 Å². The number of ether oxygens (including phenoxy) is 3. The minimum absolute atomic E-state index is 0.197. The molecule has 3 saturated carbocycles. The molecular formula is C35H56O4. The Morgan fingerprint density at radius 3 is 2.56 bits per heavy atom. The molecule has 0 N–H and O–H groups in total. The maximum Gasteiger partial charge on any atom is 0.303 e. The molecule has 220 valence electrons. The van der Waals surface area contributed by atoms with Gasteiger partial charge in [0.15, 0.2) is 6.29 Å². The van der Waals surface area contributed by atoms with Crippen molar-refractivity contribution >= 4 is 5.97 Å². The molecule has 5 rings (SSSR count). The van der Waals surface area contributed by atoms with Gasteiger partial charge >= 0.3 is 5.97 Å². The van der Waals surface area contributed by atoms with Gasteiger partial charge in [-0.1, -0.05) is 65.5 Å². The second-order valence-electron chi connectivity index (χ2n) is 15.0. The first-order chi connectivity index (χ1) is 18.5. The van der Waals surface area contributed by atoms with Gasteiger partial charge in [0.05, 0.1) is 12.2 Å². The van der Waals surface area contributed by atoms with Crippen LogP contribution in [0.25, 0.3) is 0 Å². The van der Waals surface area contributed by atoms with Crippen LogP contribution in [0.2, 0.25) is 0 Å². The summed E-state index contributed by atoms with van der Waals surface area (Å²) in [6, 6.07) is 0. The van der Waals surface area contributed by atoms with E-state index in [1.165, 1.54) is 64.7 Å². The molecule has 4 aliphatic carbocycles. The molecule has 0 aromatic heterocycles. The molecule has 0 unspecified atom stereocenters. The van der Waals surface area contributed by atoms with Crippen LogP contribution in [0.3, 0.4) is 0 Å². The Morgan fingerprint density at radius 2 is 1.85 bits per heavy atom. The van der Waals surface area contributed by atoms with E-state index < -0.39 is 0 Å². The van der Waals surface area contributed by atoms with E-state index in [9.17, 15) is 4.79 Å². The Labute approximate surface area is 238 Å². The summed E-state index contributed by atoms with van der Waals surface area (Å²) >= 11 is 0. The van der Waals surface area contributed by atoms with Gasteiger partial charge in [-0.25, -0.2) is 0 Å². The smallest absolute Gasteiger partial charge is 0.303 e. The first kappa shape index (κ1) is 29.4. The molecule has 0 aromatic carbocycles. The molecule has 3 fully saturated rings. The number of hydrogen-bond acceptors (Lipinski definition) is 4. The van der Waals surface area contributed by atoms with E-state index in [1.54, 1.807) is 5.57 Å². The number of carbonyl (C=O) groups excluding carboxylic acids is 1. The maximum atomic E-state index is 11.4.